The summed E-state index contributed by atoms with van der Waals surface area (Å²) in [5.74, 6) is -0.0749. The summed E-state index contributed by atoms with van der Waals surface area (Å²) in [5, 5.41) is 0. The highest BCUT2D eigenvalue weighted by Gasteiger charge is 2.33. The fourth-order valence-corrected chi connectivity index (χ4v) is 1.99. The van der Waals surface area contributed by atoms with Gasteiger partial charge in [-0.3, -0.25) is 9.69 Å². The number of rotatable bonds is 4. The van der Waals surface area contributed by atoms with Crippen LogP contribution in [0.3, 0.4) is 0 Å². The SMILES string of the molecule is C=CCCN1CCC[C@H]1C(=O)OC(C)(C)C. The van der Waals surface area contributed by atoms with Crippen LogP contribution in [0, 0.1) is 0 Å². The molecule has 0 amide bonds. The number of likely N-dealkylation sites (tertiary alicyclic amines) is 1. The molecule has 0 bridgehead atoms. The van der Waals surface area contributed by atoms with Gasteiger partial charge in [0.25, 0.3) is 0 Å². The standard InChI is InChI=1S/C13H23NO2/c1-5-6-9-14-10-7-8-11(14)12(15)16-13(2,3)4/h5,11H,1,6-10H2,2-4H3/t11-/m0/s1. The summed E-state index contributed by atoms with van der Waals surface area (Å²) in [6.45, 7) is 11.3. The number of nitrogens with zero attached hydrogens (tertiary/aromatic N) is 1. The molecule has 3 heteroatoms. The molecule has 0 aromatic heterocycles. The second kappa shape index (κ2) is 5.48. The molecule has 16 heavy (non-hydrogen) atoms. The van der Waals surface area contributed by atoms with Gasteiger partial charge in [-0.05, 0) is 46.6 Å². The molecule has 1 saturated heterocycles. The van der Waals surface area contributed by atoms with Gasteiger partial charge in [-0.15, -0.1) is 6.58 Å². The first-order chi connectivity index (χ1) is 7.44. The van der Waals surface area contributed by atoms with Crippen LogP contribution in [-0.4, -0.2) is 35.6 Å². The van der Waals surface area contributed by atoms with Crippen molar-refractivity contribution < 1.29 is 9.53 Å². The first-order valence-electron chi connectivity index (χ1n) is 6.02. The molecule has 0 unspecified atom stereocenters. The van der Waals surface area contributed by atoms with E-state index in [1.807, 2.05) is 26.8 Å². The lowest BCUT2D eigenvalue weighted by atomic mass is 10.1. The van der Waals surface area contributed by atoms with Gasteiger partial charge >= 0.3 is 5.97 Å². The van der Waals surface area contributed by atoms with E-state index in [4.69, 9.17) is 4.74 Å². The molecule has 1 atom stereocenters. The number of carbonyl (C=O) groups is 1. The van der Waals surface area contributed by atoms with Crippen molar-refractivity contribution in [3.63, 3.8) is 0 Å². The summed E-state index contributed by atoms with van der Waals surface area (Å²) in [7, 11) is 0. The molecule has 1 aliphatic rings. The highest BCUT2D eigenvalue weighted by molar-refractivity contribution is 5.76. The smallest absolute Gasteiger partial charge is 0.323 e. The van der Waals surface area contributed by atoms with E-state index >= 15 is 0 Å². The van der Waals surface area contributed by atoms with Crippen LogP contribution in [-0.2, 0) is 9.53 Å². The zero-order valence-corrected chi connectivity index (χ0v) is 10.7. The number of esters is 1. The molecule has 92 valence electrons. The van der Waals surface area contributed by atoms with Crippen molar-refractivity contribution in [2.45, 2.75) is 51.7 Å². The maximum absolute atomic E-state index is 11.9. The van der Waals surface area contributed by atoms with Gasteiger partial charge in [0.15, 0.2) is 0 Å². The predicted octanol–water partition coefficient (Wildman–Crippen LogP) is 2.37. The van der Waals surface area contributed by atoms with E-state index in [1.165, 1.54) is 0 Å². The molecule has 0 spiro atoms. The maximum Gasteiger partial charge on any atom is 0.323 e. The molecule has 1 rings (SSSR count). The largest absolute Gasteiger partial charge is 0.459 e. The van der Waals surface area contributed by atoms with E-state index < -0.39 is 0 Å². The molecule has 1 aliphatic heterocycles. The Labute approximate surface area is 98.5 Å². The van der Waals surface area contributed by atoms with Crippen molar-refractivity contribution in [2.24, 2.45) is 0 Å². The third-order valence-corrected chi connectivity index (χ3v) is 2.66. The normalized spacial score (nSPS) is 22.1. The van der Waals surface area contributed by atoms with Crippen LogP contribution in [0.25, 0.3) is 0 Å². The van der Waals surface area contributed by atoms with Crippen molar-refractivity contribution in [1.29, 1.82) is 0 Å². The highest BCUT2D eigenvalue weighted by atomic mass is 16.6. The number of hydrogen-bond donors (Lipinski definition) is 0. The third-order valence-electron chi connectivity index (χ3n) is 2.66. The number of hydrogen-bond acceptors (Lipinski definition) is 3. The van der Waals surface area contributed by atoms with Gasteiger partial charge in [-0.25, -0.2) is 0 Å². The molecule has 1 fully saturated rings. The van der Waals surface area contributed by atoms with Crippen LogP contribution in [0.5, 0.6) is 0 Å². The third kappa shape index (κ3) is 3.97. The van der Waals surface area contributed by atoms with Crippen LogP contribution in [0.2, 0.25) is 0 Å². The summed E-state index contributed by atoms with van der Waals surface area (Å²) < 4.78 is 5.43. The first-order valence-corrected chi connectivity index (χ1v) is 6.02. The van der Waals surface area contributed by atoms with E-state index in [0.717, 1.165) is 32.4 Å². The Bertz CT molecular complexity index is 255. The lowest BCUT2D eigenvalue weighted by Crippen LogP contribution is -2.40. The number of ether oxygens (including phenoxy) is 1. The quantitative estimate of drug-likeness (QED) is 0.543. The molecule has 0 aliphatic carbocycles. The van der Waals surface area contributed by atoms with Crippen LogP contribution in [0.1, 0.15) is 40.0 Å². The second-order valence-corrected chi connectivity index (χ2v) is 5.30. The van der Waals surface area contributed by atoms with Gasteiger partial charge in [-0.1, -0.05) is 6.08 Å². The molecule has 3 nitrogen and oxygen atoms in total. The number of carbonyl (C=O) groups excluding carboxylic acids is 1. The van der Waals surface area contributed by atoms with E-state index in [2.05, 4.69) is 11.5 Å². The topological polar surface area (TPSA) is 29.5 Å². The van der Waals surface area contributed by atoms with Crippen LogP contribution in [0.4, 0.5) is 0 Å². The fourth-order valence-electron chi connectivity index (χ4n) is 1.99. The Morgan fingerprint density at radius 2 is 2.25 bits per heavy atom. The van der Waals surface area contributed by atoms with Crippen molar-refractivity contribution >= 4 is 5.97 Å². The molecule has 0 saturated carbocycles. The zero-order chi connectivity index (χ0) is 12.2. The molecule has 0 aromatic carbocycles. The van der Waals surface area contributed by atoms with Crippen LogP contribution < -0.4 is 0 Å². The Hall–Kier alpha value is -0.830. The Balaban J connectivity index is 2.50. The van der Waals surface area contributed by atoms with Crippen LogP contribution in [0.15, 0.2) is 12.7 Å². The zero-order valence-electron chi connectivity index (χ0n) is 10.7. The first kappa shape index (κ1) is 13.2. The van der Waals surface area contributed by atoms with Gasteiger partial charge < -0.3 is 4.74 Å². The maximum atomic E-state index is 11.9. The van der Waals surface area contributed by atoms with E-state index in [1.54, 1.807) is 0 Å². The minimum absolute atomic E-state index is 0.0424. The Morgan fingerprint density at radius 1 is 1.56 bits per heavy atom. The summed E-state index contributed by atoms with van der Waals surface area (Å²) in [6, 6.07) is -0.0424. The van der Waals surface area contributed by atoms with Gasteiger partial charge in [0.05, 0.1) is 0 Å². The molecule has 1 heterocycles. The molecule has 0 aromatic rings. The van der Waals surface area contributed by atoms with E-state index in [9.17, 15) is 4.79 Å². The van der Waals surface area contributed by atoms with Gasteiger partial charge in [0.2, 0.25) is 0 Å². The van der Waals surface area contributed by atoms with E-state index in [0.29, 0.717) is 0 Å². The summed E-state index contributed by atoms with van der Waals surface area (Å²) in [5.41, 5.74) is -0.385. The van der Waals surface area contributed by atoms with Crippen molar-refractivity contribution in [1.82, 2.24) is 4.90 Å². The molecule has 0 N–H and O–H groups in total. The summed E-state index contributed by atoms with van der Waals surface area (Å²) in [4.78, 5) is 14.1. The van der Waals surface area contributed by atoms with Gasteiger partial charge in [-0.2, -0.15) is 0 Å². The second-order valence-electron chi connectivity index (χ2n) is 5.30. The van der Waals surface area contributed by atoms with Crippen molar-refractivity contribution in [3.8, 4) is 0 Å². The average molecular weight is 225 g/mol. The minimum atomic E-state index is -0.385. The summed E-state index contributed by atoms with van der Waals surface area (Å²) >= 11 is 0. The van der Waals surface area contributed by atoms with E-state index in [-0.39, 0.29) is 17.6 Å². The average Bonchev–Trinajstić information content (AvgIpc) is 2.59. The highest BCUT2D eigenvalue weighted by Crippen LogP contribution is 2.21. The minimum Gasteiger partial charge on any atom is -0.459 e. The predicted molar refractivity (Wildman–Crippen MR) is 65.3 cm³/mol. The fraction of sp³-hybridized carbons (Fsp3) is 0.769. The summed E-state index contributed by atoms with van der Waals surface area (Å²) in [6.07, 6.45) is 4.83. The lowest BCUT2D eigenvalue weighted by Gasteiger charge is -2.27. The monoisotopic (exact) mass is 225 g/mol. The molecular weight excluding hydrogens is 202 g/mol. The van der Waals surface area contributed by atoms with Crippen molar-refractivity contribution in [3.05, 3.63) is 12.7 Å². The molecular formula is C13H23NO2. The Kier molecular flexibility index (Phi) is 4.54. The van der Waals surface area contributed by atoms with Crippen LogP contribution >= 0.6 is 0 Å². The molecule has 0 radical (unpaired) electrons. The van der Waals surface area contributed by atoms with Crippen molar-refractivity contribution in [2.75, 3.05) is 13.1 Å². The van der Waals surface area contributed by atoms with Gasteiger partial charge in [0, 0.05) is 6.54 Å². The Morgan fingerprint density at radius 3 is 2.81 bits per heavy atom. The lowest BCUT2D eigenvalue weighted by molar-refractivity contribution is -0.160. The van der Waals surface area contributed by atoms with Gasteiger partial charge in [0.1, 0.15) is 11.6 Å².